The van der Waals surface area contributed by atoms with Crippen LogP contribution in [0.1, 0.15) is 39.6 Å². The van der Waals surface area contributed by atoms with Gasteiger partial charge in [0, 0.05) is 33.0 Å². The molecular formula is C45H45N3O9S2. The maximum absolute atomic E-state index is 12.3. The van der Waals surface area contributed by atoms with Crippen LogP contribution in [0.3, 0.4) is 0 Å². The number of amides is 1. The summed E-state index contributed by atoms with van der Waals surface area (Å²) in [6, 6.07) is 27.7. The van der Waals surface area contributed by atoms with Crippen LogP contribution in [0.2, 0.25) is 0 Å². The number of carbonyl (C=O) groups is 3. The Morgan fingerprint density at radius 2 is 1.15 bits per heavy atom. The number of carboxylic acid groups (broad SMARTS) is 1. The van der Waals surface area contributed by atoms with E-state index >= 15 is 0 Å². The van der Waals surface area contributed by atoms with Crippen molar-refractivity contribution in [3.63, 3.8) is 0 Å². The third-order valence-electron chi connectivity index (χ3n) is 9.07. The maximum atomic E-state index is 12.3. The molecule has 0 saturated carbocycles. The number of ether oxygens (including phenoxy) is 5. The number of hydrogen-bond donors (Lipinski definition) is 2. The first kappa shape index (κ1) is 42.4. The van der Waals surface area contributed by atoms with E-state index < -0.39 is 17.4 Å². The normalized spacial score (nSPS) is 12.6. The van der Waals surface area contributed by atoms with Gasteiger partial charge in [-0.25, -0.2) is 14.8 Å². The van der Waals surface area contributed by atoms with Gasteiger partial charge in [-0.2, -0.15) is 0 Å². The molecule has 2 aliphatic heterocycles. The summed E-state index contributed by atoms with van der Waals surface area (Å²) in [5.74, 6) is 1.12. The van der Waals surface area contributed by atoms with E-state index in [4.69, 9.17) is 23.7 Å². The molecule has 59 heavy (non-hydrogen) atoms. The number of fused-ring (bicyclic) bond motifs is 2. The molecule has 8 rings (SSSR count). The highest BCUT2D eigenvalue weighted by Crippen LogP contribution is 2.48. The molecule has 6 aromatic rings. The van der Waals surface area contributed by atoms with Gasteiger partial charge >= 0.3 is 11.9 Å². The Balaban J connectivity index is 0.000000197. The molecule has 2 aliphatic rings. The van der Waals surface area contributed by atoms with Crippen LogP contribution in [-0.4, -0.2) is 71.5 Å². The first-order chi connectivity index (χ1) is 28.1. The summed E-state index contributed by atoms with van der Waals surface area (Å²) in [5, 5.41) is 17.0. The smallest absolute Gasteiger partial charge is 0.328 e. The van der Waals surface area contributed by atoms with Crippen molar-refractivity contribution in [2.45, 2.75) is 46.6 Å². The van der Waals surface area contributed by atoms with Crippen LogP contribution < -0.4 is 24.3 Å². The molecule has 1 amide bonds. The van der Waals surface area contributed by atoms with Gasteiger partial charge in [0.15, 0.2) is 23.0 Å². The molecule has 0 bridgehead atoms. The summed E-state index contributed by atoms with van der Waals surface area (Å²) in [6.07, 6.45) is 0.175. The zero-order valence-corrected chi connectivity index (χ0v) is 33.7. The highest BCUT2D eigenvalue weighted by molar-refractivity contribution is 7.13. The molecule has 0 spiro atoms. The second kappa shape index (κ2) is 19.0. The lowest BCUT2D eigenvalue weighted by Gasteiger charge is -2.23. The number of esters is 1. The van der Waals surface area contributed by atoms with Crippen molar-refractivity contribution in [3.8, 4) is 66.4 Å². The van der Waals surface area contributed by atoms with Crippen molar-refractivity contribution in [2.24, 2.45) is 0 Å². The summed E-state index contributed by atoms with van der Waals surface area (Å²) in [5.41, 5.74) is 5.68. The van der Waals surface area contributed by atoms with E-state index in [-0.39, 0.29) is 26.2 Å². The zero-order valence-electron chi connectivity index (χ0n) is 32.1. The first-order valence-corrected chi connectivity index (χ1v) is 20.4. The summed E-state index contributed by atoms with van der Waals surface area (Å²) in [7, 11) is 0. The average Bonchev–Trinajstić information content (AvgIpc) is 3.90. The Hall–Kier alpha value is -6.25. The van der Waals surface area contributed by atoms with E-state index in [9.17, 15) is 19.5 Å². The van der Waals surface area contributed by atoms with Crippen LogP contribution in [0, 0.1) is 0 Å². The zero-order chi connectivity index (χ0) is 40.6. The fourth-order valence-corrected chi connectivity index (χ4v) is 8.07. The second-order valence-corrected chi connectivity index (χ2v) is 15.4. The number of aliphatic carboxylic acids is 1. The standard InChI is InChI=1S/C23H22N2O5S.C21H19NO4S.CH4/c1-23(2,22(27)28)25-18(26)12-15-13-31-21(24-15)16-8-9-17-20(30-11-10-29-17)19(16)14-6-4-3-5-7-14;1-2-24-18(23)12-15-13-27-21(22-15)16-8-9-17-20(26-11-10-25-17)19(16)14-6-4-3-5-7-14;/h3-9,13H,10-12H2,1-2H3,(H,25,26)(H,27,28);3-9,13H,2,10-12H2,1H3;1H4. The number of nitrogens with zero attached hydrogens (tertiary/aromatic N) is 2. The Morgan fingerprint density at radius 1 is 0.695 bits per heavy atom. The predicted molar refractivity (Wildman–Crippen MR) is 229 cm³/mol. The number of nitrogens with one attached hydrogen (secondary N) is 1. The minimum atomic E-state index is -1.34. The molecule has 4 heterocycles. The topological polar surface area (TPSA) is 155 Å². The van der Waals surface area contributed by atoms with E-state index in [1.165, 1.54) is 36.5 Å². The van der Waals surface area contributed by atoms with Crippen molar-refractivity contribution >= 4 is 40.5 Å². The molecule has 0 atom stereocenters. The number of carbonyl (C=O) groups excluding carboxylic acids is 2. The van der Waals surface area contributed by atoms with Gasteiger partial charge in [0.05, 0.1) is 30.8 Å². The number of benzene rings is 4. The molecule has 2 aromatic heterocycles. The lowest BCUT2D eigenvalue weighted by Crippen LogP contribution is -2.50. The Bertz CT molecular complexity index is 2410. The number of carboxylic acids is 1. The fourth-order valence-electron chi connectivity index (χ4n) is 6.37. The SMILES string of the molecule is C.CC(C)(NC(=O)Cc1csc(-c2ccc3c(c2-c2ccccc2)OCCO3)n1)C(=O)O.CCOC(=O)Cc1csc(-c2ccc3c(c2-c2ccccc2)OCCO3)n1. The molecule has 0 radical (unpaired) electrons. The van der Waals surface area contributed by atoms with Gasteiger partial charge in [-0.15, -0.1) is 22.7 Å². The summed E-state index contributed by atoms with van der Waals surface area (Å²) in [6.45, 7) is 7.09. The summed E-state index contributed by atoms with van der Waals surface area (Å²) < 4.78 is 28.4. The second-order valence-electron chi connectivity index (χ2n) is 13.7. The van der Waals surface area contributed by atoms with Gasteiger partial charge < -0.3 is 34.1 Å². The predicted octanol–water partition coefficient (Wildman–Crippen LogP) is 8.76. The number of thiazole rings is 2. The Kier molecular flexibility index (Phi) is 13.6. The molecule has 306 valence electrons. The van der Waals surface area contributed by atoms with Crippen molar-refractivity contribution in [2.75, 3.05) is 33.0 Å². The number of hydrogen-bond acceptors (Lipinski definition) is 12. The summed E-state index contributed by atoms with van der Waals surface area (Å²) >= 11 is 2.93. The third-order valence-corrected chi connectivity index (χ3v) is 10.9. The van der Waals surface area contributed by atoms with Gasteiger partial charge in [-0.1, -0.05) is 68.1 Å². The number of rotatable bonds is 11. The lowest BCUT2D eigenvalue weighted by atomic mass is 9.98. The van der Waals surface area contributed by atoms with E-state index in [0.29, 0.717) is 55.9 Å². The monoisotopic (exact) mass is 835 g/mol. The van der Waals surface area contributed by atoms with Crippen LogP contribution in [0.25, 0.3) is 43.4 Å². The molecular weight excluding hydrogens is 791 g/mol. The maximum Gasteiger partial charge on any atom is 0.328 e. The minimum absolute atomic E-state index is 0. The fraction of sp³-hybridized carbons (Fsp3) is 0.267. The largest absolute Gasteiger partial charge is 0.486 e. The van der Waals surface area contributed by atoms with Gasteiger partial charge in [0.2, 0.25) is 5.91 Å². The third kappa shape index (κ3) is 9.90. The molecule has 2 N–H and O–H groups in total. The first-order valence-electron chi connectivity index (χ1n) is 18.7. The highest BCUT2D eigenvalue weighted by atomic mass is 32.1. The van der Waals surface area contributed by atoms with Crippen LogP contribution in [0.4, 0.5) is 0 Å². The highest BCUT2D eigenvalue weighted by Gasteiger charge is 2.30. The quantitative estimate of drug-likeness (QED) is 0.120. The Morgan fingerprint density at radius 3 is 1.61 bits per heavy atom. The van der Waals surface area contributed by atoms with Crippen LogP contribution >= 0.6 is 22.7 Å². The molecule has 12 nitrogen and oxygen atoms in total. The van der Waals surface area contributed by atoms with Crippen molar-refractivity contribution in [1.82, 2.24) is 15.3 Å². The van der Waals surface area contributed by atoms with Crippen LogP contribution in [-0.2, 0) is 32.0 Å². The number of aromatic nitrogens is 2. The van der Waals surface area contributed by atoms with E-state index in [2.05, 4.69) is 15.3 Å². The molecule has 0 saturated heterocycles. The van der Waals surface area contributed by atoms with Crippen molar-refractivity contribution < 1.29 is 43.2 Å². The average molecular weight is 836 g/mol. The van der Waals surface area contributed by atoms with Crippen molar-refractivity contribution in [1.29, 1.82) is 0 Å². The molecule has 14 heteroatoms. The van der Waals surface area contributed by atoms with E-state index in [1.54, 1.807) is 6.92 Å². The lowest BCUT2D eigenvalue weighted by molar-refractivity contribution is -0.146. The minimum Gasteiger partial charge on any atom is -0.486 e. The van der Waals surface area contributed by atoms with E-state index in [1.807, 2.05) is 95.7 Å². The van der Waals surface area contributed by atoms with Crippen LogP contribution in [0.5, 0.6) is 23.0 Å². The van der Waals surface area contributed by atoms with Crippen LogP contribution in [0.15, 0.2) is 95.7 Å². The van der Waals surface area contributed by atoms with Gasteiger partial charge in [0.1, 0.15) is 42.0 Å². The van der Waals surface area contributed by atoms with Gasteiger partial charge in [-0.05, 0) is 56.2 Å². The van der Waals surface area contributed by atoms with Gasteiger partial charge in [0.25, 0.3) is 0 Å². The van der Waals surface area contributed by atoms with Crippen molar-refractivity contribution in [3.05, 3.63) is 107 Å². The molecule has 0 unspecified atom stereocenters. The summed E-state index contributed by atoms with van der Waals surface area (Å²) in [4.78, 5) is 44.6. The van der Waals surface area contributed by atoms with E-state index in [0.717, 1.165) is 54.9 Å². The van der Waals surface area contributed by atoms with Gasteiger partial charge in [-0.3, -0.25) is 9.59 Å². The molecule has 0 fully saturated rings. The Labute approximate surface area is 350 Å². The molecule has 0 aliphatic carbocycles. The molecule has 4 aromatic carbocycles.